The first-order chi connectivity index (χ1) is 13.2. The van der Waals surface area contributed by atoms with Crippen molar-refractivity contribution in [3.63, 3.8) is 0 Å². The molecule has 0 spiro atoms. The van der Waals surface area contributed by atoms with Crippen molar-refractivity contribution in [1.29, 1.82) is 0 Å². The van der Waals surface area contributed by atoms with Gasteiger partial charge in [0.15, 0.2) is 10.1 Å². The first-order valence-electron chi connectivity index (χ1n) is 8.18. The number of hydrogen-bond donors (Lipinski definition) is 0. The average Bonchev–Trinajstić information content (AvgIpc) is 2.60. The molecule has 0 aliphatic carbocycles. The van der Waals surface area contributed by atoms with Crippen molar-refractivity contribution < 1.29 is 30.3 Å². The third kappa shape index (κ3) is 15.3. The number of benzene rings is 2. The predicted molar refractivity (Wildman–Crippen MR) is 111 cm³/mol. The van der Waals surface area contributed by atoms with Crippen LogP contribution in [0.15, 0.2) is 65.6 Å². The van der Waals surface area contributed by atoms with Gasteiger partial charge in [0.05, 0.1) is 0 Å². The Bertz CT molecular complexity index is 794. The highest BCUT2D eigenvalue weighted by atomic mass is 35.5. The zero-order valence-corrected chi connectivity index (χ0v) is 18.8. The molecular weight excluding hydrogens is 449 g/mol. The standard InChI is InChI=1S/C10H14.C8H10ClS.CHF3O4S/c1-10(2,3)9-7-5-4-6-8-9;1-10(7-9)8-5-3-2-4-6-8;2-1(3,4)8-9(5,6)7/h4-8H,1-3H3;2-6H,7H2,1H3;(H,5,6,7)/q;+1;/p-1. The minimum absolute atomic E-state index is 0.225. The minimum atomic E-state index is -5.66. The van der Waals surface area contributed by atoms with Gasteiger partial charge >= 0.3 is 6.36 Å². The van der Waals surface area contributed by atoms with Crippen molar-refractivity contribution >= 4 is 32.9 Å². The SMILES string of the molecule is CC(C)(C)c1ccccc1.C[S+](CCl)c1ccccc1.O=S(=O)([O-])OC(F)(F)F. The third-order valence-corrected chi connectivity index (χ3v) is 5.92. The van der Waals surface area contributed by atoms with Crippen LogP contribution in [0.2, 0.25) is 0 Å². The number of hydrogen-bond acceptors (Lipinski definition) is 4. The van der Waals surface area contributed by atoms with Crippen LogP contribution >= 0.6 is 11.6 Å². The molecule has 0 N–H and O–H groups in total. The van der Waals surface area contributed by atoms with Gasteiger partial charge in [-0.25, -0.2) is 8.42 Å². The summed E-state index contributed by atoms with van der Waals surface area (Å²) in [5, 5.41) is 0.726. The van der Waals surface area contributed by atoms with E-state index in [1.54, 1.807) is 0 Å². The highest BCUT2D eigenvalue weighted by Crippen LogP contribution is 2.20. The van der Waals surface area contributed by atoms with Crippen LogP contribution in [-0.4, -0.2) is 30.8 Å². The van der Waals surface area contributed by atoms with Gasteiger partial charge in [0.2, 0.25) is 10.4 Å². The Balaban J connectivity index is 0.000000407. The summed E-state index contributed by atoms with van der Waals surface area (Å²) in [6.45, 7) is 6.67. The lowest BCUT2D eigenvalue weighted by Crippen LogP contribution is -2.18. The fraction of sp³-hybridized carbons (Fsp3) is 0.368. The fourth-order valence-electron chi connectivity index (χ4n) is 1.77. The van der Waals surface area contributed by atoms with Crippen LogP contribution < -0.4 is 0 Å². The van der Waals surface area contributed by atoms with Gasteiger partial charge in [0, 0.05) is 10.9 Å². The highest BCUT2D eigenvalue weighted by molar-refractivity contribution is 7.97. The lowest BCUT2D eigenvalue weighted by Gasteiger charge is -2.18. The monoisotopic (exact) mass is 472 g/mol. The molecule has 29 heavy (non-hydrogen) atoms. The number of halogens is 4. The van der Waals surface area contributed by atoms with Crippen LogP contribution in [0.5, 0.6) is 0 Å². The second-order valence-corrected chi connectivity index (χ2v) is 10.2. The summed E-state index contributed by atoms with van der Waals surface area (Å²) < 4.78 is 61.7. The lowest BCUT2D eigenvalue weighted by molar-refractivity contribution is -0.275. The Morgan fingerprint density at radius 3 is 1.62 bits per heavy atom. The van der Waals surface area contributed by atoms with E-state index in [4.69, 9.17) is 24.6 Å². The maximum absolute atomic E-state index is 10.8. The van der Waals surface area contributed by atoms with Crippen LogP contribution in [0.3, 0.4) is 0 Å². The number of alkyl halides is 4. The van der Waals surface area contributed by atoms with E-state index in [9.17, 15) is 13.2 Å². The largest absolute Gasteiger partial charge is 0.725 e. The van der Waals surface area contributed by atoms with Gasteiger partial charge in [0.1, 0.15) is 6.26 Å². The summed E-state index contributed by atoms with van der Waals surface area (Å²) in [5.74, 6) is 0. The molecule has 2 aromatic rings. The molecule has 0 heterocycles. The molecule has 2 rings (SSSR count). The minimum Gasteiger partial charge on any atom is -0.725 e. The van der Waals surface area contributed by atoms with Gasteiger partial charge in [-0.3, -0.25) is 0 Å². The van der Waals surface area contributed by atoms with E-state index in [1.807, 2.05) is 22.4 Å². The molecule has 1 unspecified atom stereocenters. The zero-order chi connectivity index (χ0) is 22.7. The highest BCUT2D eigenvalue weighted by Gasteiger charge is 2.32. The molecule has 0 fully saturated rings. The van der Waals surface area contributed by atoms with Gasteiger partial charge in [-0.2, -0.15) is 4.18 Å². The van der Waals surface area contributed by atoms with Crippen molar-refractivity contribution in [3.05, 3.63) is 66.2 Å². The topological polar surface area (TPSA) is 66.4 Å². The summed E-state index contributed by atoms with van der Waals surface area (Å²) in [4.78, 5) is 1.34. The van der Waals surface area contributed by atoms with E-state index < -0.39 is 16.8 Å². The normalized spacial score (nSPS) is 12.7. The van der Waals surface area contributed by atoms with E-state index in [0.717, 1.165) is 5.21 Å². The second-order valence-electron chi connectivity index (χ2n) is 6.61. The molecular formula is C19H24ClF3O4S2. The first-order valence-corrected chi connectivity index (χ1v) is 11.8. The van der Waals surface area contributed by atoms with Crippen LogP contribution in [0.4, 0.5) is 13.2 Å². The lowest BCUT2D eigenvalue weighted by atomic mass is 9.87. The Morgan fingerprint density at radius 1 is 0.966 bits per heavy atom. The molecule has 0 aromatic heterocycles. The van der Waals surface area contributed by atoms with E-state index in [0.29, 0.717) is 5.41 Å². The van der Waals surface area contributed by atoms with Crippen molar-refractivity contribution in [2.45, 2.75) is 37.4 Å². The van der Waals surface area contributed by atoms with Crippen LogP contribution in [0, 0.1) is 0 Å². The van der Waals surface area contributed by atoms with Crippen LogP contribution in [0.25, 0.3) is 0 Å². The first kappa shape index (κ1) is 27.7. The van der Waals surface area contributed by atoms with E-state index in [1.165, 1.54) is 10.5 Å². The van der Waals surface area contributed by atoms with Crippen molar-refractivity contribution in [3.8, 4) is 0 Å². The van der Waals surface area contributed by atoms with Gasteiger partial charge < -0.3 is 4.55 Å². The Hall–Kier alpha value is -1.26. The second kappa shape index (κ2) is 12.4. The molecule has 0 radical (unpaired) electrons. The van der Waals surface area contributed by atoms with Crippen LogP contribution in [0.1, 0.15) is 26.3 Å². The van der Waals surface area contributed by atoms with Gasteiger partial charge in [-0.15, -0.1) is 13.2 Å². The molecule has 0 bridgehead atoms. The van der Waals surface area contributed by atoms with E-state index >= 15 is 0 Å². The van der Waals surface area contributed by atoms with Crippen molar-refractivity contribution in [2.24, 2.45) is 0 Å². The molecule has 0 aliphatic heterocycles. The molecule has 0 amide bonds. The van der Waals surface area contributed by atoms with Crippen molar-refractivity contribution in [1.82, 2.24) is 0 Å². The van der Waals surface area contributed by atoms with E-state index in [-0.39, 0.29) is 10.9 Å². The zero-order valence-electron chi connectivity index (χ0n) is 16.4. The summed E-state index contributed by atoms with van der Waals surface area (Å²) in [7, 11) is -5.43. The molecule has 10 heteroatoms. The third-order valence-electron chi connectivity index (χ3n) is 3.15. The van der Waals surface area contributed by atoms with Gasteiger partial charge in [-0.05, 0) is 23.1 Å². The Labute approximate surface area is 178 Å². The molecule has 164 valence electrons. The molecule has 1 atom stereocenters. The Kier molecular flexibility index (Phi) is 11.9. The molecule has 2 aromatic carbocycles. The maximum atomic E-state index is 10.8. The van der Waals surface area contributed by atoms with Gasteiger partial charge in [-0.1, -0.05) is 80.9 Å². The smallest absolute Gasteiger partial charge is 0.536 e. The molecule has 0 saturated heterocycles. The van der Waals surface area contributed by atoms with Gasteiger partial charge in [0.25, 0.3) is 0 Å². The fourth-order valence-corrected chi connectivity index (χ4v) is 3.13. The quantitative estimate of drug-likeness (QED) is 0.257. The van der Waals surface area contributed by atoms with Crippen LogP contribution in [-0.2, 0) is 30.9 Å². The summed E-state index contributed by atoms with van der Waals surface area (Å²) in [5.41, 5.74) is 1.69. The Morgan fingerprint density at radius 2 is 1.38 bits per heavy atom. The maximum Gasteiger partial charge on any atom is 0.536 e. The van der Waals surface area contributed by atoms with Crippen molar-refractivity contribution in [2.75, 3.05) is 11.5 Å². The molecule has 4 nitrogen and oxygen atoms in total. The van der Waals surface area contributed by atoms with E-state index in [2.05, 4.69) is 69.5 Å². The summed E-state index contributed by atoms with van der Waals surface area (Å²) in [6.07, 6.45) is -3.26. The average molecular weight is 473 g/mol. The molecule has 0 aliphatic rings. The molecule has 0 saturated carbocycles. The predicted octanol–water partition coefficient (Wildman–Crippen LogP) is 5.46. The summed E-state index contributed by atoms with van der Waals surface area (Å²) >= 11 is 5.70. The number of rotatable bonds is 3. The summed E-state index contributed by atoms with van der Waals surface area (Å²) in [6, 6.07) is 20.9.